The molecule has 2 aromatic heterocycles. The molecular weight excluding hydrogens is 627 g/mol. The van der Waals surface area contributed by atoms with Crippen molar-refractivity contribution in [3.63, 3.8) is 0 Å². The summed E-state index contributed by atoms with van der Waals surface area (Å²) in [6.45, 7) is 0. The van der Waals surface area contributed by atoms with E-state index < -0.39 is 0 Å². The summed E-state index contributed by atoms with van der Waals surface area (Å²) in [5.74, 6) is 1.02. The van der Waals surface area contributed by atoms with Gasteiger partial charge in [0, 0.05) is 54.3 Å². The number of allylic oxidation sites excluding steroid dienone is 4. The van der Waals surface area contributed by atoms with Gasteiger partial charge in [0.2, 0.25) is 0 Å². The molecule has 0 amide bonds. The average Bonchev–Trinajstić information content (AvgIpc) is 3.58. The lowest BCUT2D eigenvalue weighted by Gasteiger charge is -2.25. The van der Waals surface area contributed by atoms with E-state index in [9.17, 15) is 0 Å². The van der Waals surface area contributed by atoms with E-state index in [1.165, 1.54) is 31.3 Å². The van der Waals surface area contributed by atoms with Crippen LogP contribution in [0, 0.1) is 0 Å². The van der Waals surface area contributed by atoms with Crippen LogP contribution in [0.4, 0.5) is 17.1 Å². The van der Waals surface area contributed by atoms with Gasteiger partial charge in [-0.15, -0.1) is 11.3 Å². The van der Waals surface area contributed by atoms with Gasteiger partial charge in [-0.2, -0.15) is 0 Å². The summed E-state index contributed by atoms with van der Waals surface area (Å²) in [6.07, 6.45) is 9.52. The zero-order chi connectivity index (χ0) is 33.3. The SMILES string of the molecule is C1=CCC(c2nc(-c3ccccc3)cc(-c3cccc4sc5cc(-c6ccc(N(c7ccccc7)c7ccccc7)cc6)ccc5c34)n2)C=C1. The molecule has 0 fully saturated rings. The van der Waals surface area contributed by atoms with Gasteiger partial charge in [-0.3, -0.25) is 0 Å². The zero-order valence-electron chi connectivity index (χ0n) is 27.4. The topological polar surface area (TPSA) is 29.0 Å². The molecule has 238 valence electrons. The lowest BCUT2D eigenvalue weighted by molar-refractivity contribution is 0.775. The quantitative estimate of drug-likeness (QED) is 0.170. The number of nitrogens with zero attached hydrogens (tertiary/aromatic N) is 3. The minimum Gasteiger partial charge on any atom is -0.311 e. The number of thiophene rings is 1. The second-order valence-corrected chi connectivity index (χ2v) is 13.6. The fourth-order valence-corrected chi connectivity index (χ4v) is 8.09. The summed E-state index contributed by atoms with van der Waals surface area (Å²) >= 11 is 1.84. The van der Waals surface area contributed by atoms with E-state index in [4.69, 9.17) is 9.97 Å². The van der Waals surface area contributed by atoms with Crippen LogP contribution >= 0.6 is 11.3 Å². The Kier molecular flexibility index (Phi) is 7.84. The largest absolute Gasteiger partial charge is 0.311 e. The number of hydrogen-bond acceptors (Lipinski definition) is 4. The molecule has 4 heteroatoms. The second-order valence-electron chi connectivity index (χ2n) is 12.6. The Bertz CT molecular complexity index is 2460. The van der Waals surface area contributed by atoms with Crippen molar-refractivity contribution >= 4 is 48.6 Å². The van der Waals surface area contributed by atoms with Crippen molar-refractivity contribution in [1.82, 2.24) is 9.97 Å². The van der Waals surface area contributed by atoms with Gasteiger partial charge < -0.3 is 4.90 Å². The molecule has 0 radical (unpaired) electrons. The summed E-state index contributed by atoms with van der Waals surface area (Å²) in [4.78, 5) is 12.6. The number of aromatic nitrogens is 2. The number of benzene rings is 6. The molecule has 0 bridgehead atoms. The first-order valence-electron chi connectivity index (χ1n) is 17.0. The molecule has 9 rings (SSSR count). The first kappa shape index (κ1) is 30.0. The summed E-state index contributed by atoms with van der Waals surface area (Å²) in [5.41, 5.74) is 9.94. The van der Waals surface area contributed by atoms with Crippen LogP contribution in [-0.2, 0) is 0 Å². The maximum Gasteiger partial charge on any atom is 0.136 e. The molecule has 8 aromatic rings. The highest BCUT2D eigenvalue weighted by Crippen LogP contribution is 2.42. The third-order valence-corrected chi connectivity index (χ3v) is 10.5. The molecule has 0 aliphatic heterocycles. The molecule has 6 aromatic carbocycles. The fourth-order valence-electron chi connectivity index (χ4n) is 6.92. The molecule has 0 saturated heterocycles. The van der Waals surface area contributed by atoms with Crippen molar-refractivity contribution in [2.24, 2.45) is 0 Å². The Hall–Kier alpha value is -6.10. The Morgan fingerprint density at radius 3 is 1.88 bits per heavy atom. The van der Waals surface area contributed by atoms with Gasteiger partial charge in [-0.05, 0) is 72.1 Å². The Balaban J connectivity index is 1.11. The normalized spacial score (nSPS) is 14.0. The molecule has 0 saturated carbocycles. The van der Waals surface area contributed by atoms with Crippen molar-refractivity contribution in [1.29, 1.82) is 0 Å². The van der Waals surface area contributed by atoms with Crippen LogP contribution < -0.4 is 4.90 Å². The third kappa shape index (κ3) is 5.70. The first-order chi connectivity index (χ1) is 24.8. The molecule has 0 N–H and O–H groups in total. The molecular formula is C46H33N3S. The number of para-hydroxylation sites is 2. The van der Waals surface area contributed by atoms with Crippen LogP contribution in [0.1, 0.15) is 18.2 Å². The Labute approximate surface area is 296 Å². The average molecular weight is 660 g/mol. The maximum absolute atomic E-state index is 5.23. The van der Waals surface area contributed by atoms with Crippen LogP contribution in [0.3, 0.4) is 0 Å². The van der Waals surface area contributed by atoms with Gasteiger partial charge in [0.15, 0.2) is 0 Å². The van der Waals surface area contributed by atoms with E-state index in [2.05, 4.69) is 181 Å². The van der Waals surface area contributed by atoms with Gasteiger partial charge >= 0.3 is 0 Å². The molecule has 2 heterocycles. The van der Waals surface area contributed by atoms with Crippen LogP contribution in [0.15, 0.2) is 182 Å². The molecule has 3 nitrogen and oxygen atoms in total. The summed E-state index contributed by atoms with van der Waals surface area (Å²) < 4.78 is 2.52. The highest BCUT2D eigenvalue weighted by Gasteiger charge is 2.19. The molecule has 1 unspecified atom stereocenters. The van der Waals surface area contributed by atoms with Crippen LogP contribution in [0.25, 0.3) is 53.8 Å². The number of fused-ring (bicyclic) bond motifs is 3. The van der Waals surface area contributed by atoms with Gasteiger partial charge in [0.25, 0.3) is 0 Å². The molecule has 1 aliphatic rings. The minimum atomic E-state index is 0.155. The van der Waals surface area contributed by atoms with Crippen molar-refractivity contribution in [3.8, 4) is 33.6 Å². The van der Waals surface area contributed by atoms with Crippen LogP contribution in [0.2, 0.25) is 0 Å². The van der Waals surface area contributed by atoms with E-state index in [0.29, 0.717) is 0 Å². The predicted molar refractivity (Wildman–Crippen MR) is 212 cm³/mol. The van der Waals surface area contributed by atoms with E-state index in [1.54, 1.807) is 0 Å². The van der Waals surface area contributed by atoms with Gasteiger partial charge in [-0.25, -0.2) is 9.97 Å². The van der Waals surface area contributed by atoms with Crippen LogP contribution in [0.5, 0.6) is 0 Å². The second kappa shape index (κ2) is 13.1. The fraction of sp³-hybridized carbons (Fsp3) is 0.0435. The summed E-state index contributed by atoms with van der Waals surface area (Å²) in [5, 5.41) is 2.50. The highest BCUT2D eigenvalue weighted by atomic mass is 32.1. The lowest BCUT2D eigenvalue weighted by Crippen LogP contribution is -2.09. The third-order valence-electron chi connectivity index (χ3n) is 9.39. The summed E-state index contributed by atoms with van der Waals surface area (Å²) in [6, 6.07) is 56.1. The molecule has 50 heavy (non-hydrogen) atoms. The zero-order valence-corrected chi connectivity index (χ0v) is 28.2. The predicted octanol–water partition coefficient (Wildman–Crippen LogP) is 12.9. The molecule has 1 atom stereocenters. The van der Waals surface area contributed by atoms with Crippen LogP contribution in [-0.4, -0.2) is 9.97 Å². The monoisotopic (exact) mass is 659 g/mol. The minimum absolute atomic E-state index is 0.155. The van der Waals surface area contributed by atoms with Gasteiger partial charge in [-0.1, -0.05) is 127 Å². The van der Waals surface area contributed by atoms with Gasteiger partial charge in [0.1, 0.15) is 5.82 Å². The Morgan fingerprint density at radius 1 is 0.520 bits per heavy atom. The maximum atomic E-state index is 5.23. The van der Waals surface area contributed by atoms with Crippen molar-refractivity contribution < 1.29 is 0 Å². The number of anilines is 3. The Morgan fingerprint density at radius 2 is 1.18 bits per heavy atom. The smallest absolute Gasteiger partial charge is 0.136 e. The summed E-state index contributed by atoms with van der Waals surface area (Å²) in [7, 11) is 0. The van der Waals surface area contributed by atoms with E-state index in [-0.39, 0.29) is 5.92 Å². The first-order valence-corrected chi connectivity index (χ1v) is 17.8. The van der Waals surface area contributed by atoms with Gasteiger partial charge in [0.05, 0.1) is 11.4 Å². The van der Waals surface area contributed by atoms with E-state index in [0.717, 1.165) is 51.8 Å². The van der Waals surface area contributed by atoms with Crippen molar-refractivity contribution in [3.05, 3.63) is 188 Å². The van der Waals surface area contributed by atoms with E-state index >= 15 is 0 Å². The molecule has 0 spiro atoms. The lowest BCUT2D eigenvalue weighted by atomic mass is 9.97. The number of rotatable bonds is 7. The van der Waals surface area contributed by atoms with Crippen molar-refractivity contribution in [2.45, 2.75) is 12.3 Å². The van der Waals surface area contributed by atoms with E-state index in [1.807, 2.05) is 17.4 Å². The highest BCUT2D eigenvalue weighted by molar-refractivity contribution is 7.26. The van der Waals surface area contributed by atoms with Crippen molar-refractivity contribution in [2.75, 3.05) is 4.90 Å². The standard InChI is InChI=1S/C46H33N3S/c1-5-14-33(15-6-1)41-31-42(48-46(47-41)34-16-7-2-8-17-34)39-22-13-23-43-45(39)40-29-26-35(30-44(40)50-43)32-24-27-38(28-25-32)49(36-18-9-3-10-19-36)37-20-11-4-12-21-37/h1-16,18-31,34H,17H2. The number of hydrogen-bond donors (Lipinski definition) is 0. The molecule has 1 aliphatic carbocycles.